The second-order valence-electron chi connectivity index (χ2n) is 2.18. The van der Waals surface area contributed by atoms with Gasteiger partial charge in [0.15, 0.2) is 0 Å². The van der Waals surface area contributed by atoms with Crippen LogP contribution in [-0.4, -0.2) is 26.3 Å². The molecule has 2 nitrogen and oxygen atoms in total. The van der Waals surface area contributed by atoms with Crippen molar-refractivity contribution in [3.05, 3.63) is 0 Å². The van der Waals surface area contributed by atoms with E-state index in [-0.39, 0.29) is 12.4 Å². The Morgan fingerprint density at radius 2 is 2.22 bits per heavy atom. The van der Waals surface area contributed by atoms with Gasteiger partial charge in [0.1, 0.15) is 0 Å². The van der Waals surface area contributed by atoms with Crippen LogP contribution in [-0.2, 0) is 4.74 Å². The molecule has 0 aromatic carbocycles. The van der Waals surface area contributed by atoms with Gasteiger partial charge in [-0.05, 0) is 6.92 Å². The van der Waals surface area contributed by atoms with E-state index in [4.69, 9.17) is 4.74 Å². The van der Waals surface area contributed by atoms with Crippen molar-refractivity contribution in [2.75, 3.05) is 26.3 Å². The molecule has 0 saturated carbocycles. The lowest BCUT2D eigenvalue weighted by atomic mass is 10.1. The molecule has 0 spiro atoms. The maximum Gasteiger partial charge on any atom is 0.0518 e. The van der Waals surface area contributed by atoms with E-state index in [1.165, 1.54) is 0 Å². The second kappa shape index (κ2) is 5.03. The van der Waals surface area contributed by atoms with Gasteiger partial charge >= 0.3 is 0 Å². The summed E-state index contributed by atoms with van der Waals surface area (Å²) >= 11 is 0. The molecule has 0 aromatic rings. The van der Waals surface area contributed by atoms with Gasteiger partial charge in [-0.15, -0.1) is 12.4 Å². The van der Waals surface area contributed by atoms with E-state index in [1.807, 2.05) is 6.92 Å². The highest BCUT2D eigenvalue weighted by atomic mass is 35.5. The number of hydrogen-bond donors (Lipinski definition) is 1. The molecule has 0 bridgehead atoms. The Morgan fingerprint density at radius 1 is 1.56 bits per heavy atom. The molecule has 0 unspecified atom stereocenters. The van der Waals surface area contributed by atoms with Crippen LogP contribution in [0, 0.1) is 5.92 Å². The minimum absolute atomic E-state index is 0. The van der Waals surface area contributed by atoms with E-state index in [0.29, 0.717) is 0 Å². The van der Waals surface area contributed by atoms with Crippen molar-refractivity contribution >= 4 is 12.4 Å². The molecular formula is C6H14ClNO. The van der Waals surface area contributed by atoms with Crippen LogP contribution in [0.2, 0.25) is 0 Å². The Morgan fingerprint density at radius 3 is 2.56 bits per heavy atom. The van der Waals surface area contributed by atoms with Gasteiger partial charge in [0.05, 0.1) is 6.61 Å². The van der Waals surface area contributed by atoms with Gasteiger partial charge in [-0.3, -0.25) is 0 Å². The summed E-state index contributed by atoms with van der Waals surface area (Å²) < 4.78 is 5.20. The molecule has 9 heavy (non-hydrogen) atoms. The van der Waals surface area contributed by atoms with E-state index < -0.39 is 0 Å². The van der Waals surface area contributed by atoms with Crippen molar-refractivity contribution in [3.8, 4) is 0 Å². The summed E-state index contributed by atoms with van der Waals surface area (Å²) in [5, 5.41) is 3.19. The molecule has 1 N–H and O–H groups in total. The smallest absolute Gasteiger partial charge is 0.0518 e. The normalized spacial score (nSPS) is 18.3. The van der Waals surface area contributed by atoms with Crippen molar-refractivity contribution in [1.82, 2.24) is 5.32 Å². The predicted octanol–water partition coefficient (Wildman–Crippen LogP) is 0.664. The number of ether oxygens (including phenoxy) is 1. The Balaban J connectivity index is 0.000000640. The third-order valence-electron chi connectivity index (χ3n) is 1.42. The zero-order chi connectivity index (χ0) is 5.82. The monoisotopic (exact) mass is 151 g/mol. The van der Waals surface area contributed by atoms with Crippen LogP contribution in [0.1, 0.15) is 6.92 Å². The molecule has 0 aliphatic carbocycles. The number of halogens is 1. The fraction of sp³-hybridized carbons (Fsp3) is 1.00. The van der Waals surface area contributed by atoms with Crippen LogP contribution in [0.5, 0.6) is 0 Å². The van der Waals surface area contributed by atoms with Gasteiger partial charge in [0.2, 0.25) is 0 Å². The summed E-state index contributed by atoms with van der Waals surface area (Å²) in [5.41, 5.74) is 0. The minimum atomic E-state index is 0. The van der Waals surface area contributed by atoms with Crippen molar-refractivity contribution in [1.29, 1.82) is 0 Å². The van der Waals surface area contributed by atoms with Crippen molar-refractivity contribution in [3.63, 3.8) is 0 Å². The molecule has 1 aliphatic heterocycles. The number of nitrogens with one attached hydrogen (secondary N) is 1. The SMILES string of the molecule is CCOCC1CNC1.Cl. The van der Waals surface area contributed by atoms with E-state index in [9.17, 15) is 0 Å². The fourth-order valence-electron chi connectivity index (χ4n) is 0.751. The molecule has 0 atom stereocenters. The first-order valence-corrected chi connectivity index (χ1v) is 3.22. The average molecular weight is 152 g/mol. The molecule has 1 aliphatic rings. The van der Waals surface area contributed by atoms with Crippen molar-refractivity contribution < 1.29 is 4.74 Å². The first-order valence-electron chi connectivity index (χ1n) is 3.22. The molecule has 1 saturated heterocycles. The summed E-state index contributed by atoms with van der Waals surface area (Å²) in [4.78, 5) is 0. The summed E-state index contributed by atoms with van der Waals surface area (Å²) in [6.45, 7) is 6.14. The molecule has 1 rings (SSSR count). The van der Waals surface area contributed by atoms with Crippen LogP contribution in [0.15, 0.2) is 0 Å². The van der Waals surface area contributed by atoms with Gasteiger partial charge in [0.25, 0.3) is 0 Å². The quantitative estimate of drug-likeness (QED) is 0.640. The second-order valence-corrected chi connectivity index (χ2v) is 2.18. The average Bonchev–Trinajstić information content (AvgIpc) is 1.63. The van der Waals surface area contributed by atoms with E-state index >= 15 is 0 Å². The van der Waals surface area contributed by atoms with Crippen LogP contribution < -0.4 is 5.32 Å². The zero-order valence-electron chi connectivity index (χ0n) is 5.72. The van der Waals surface area contributed by atoms with Crippen LogP contribution in [0.25, 0.3) is 0 Å². The largest absolute Gasteiger partial charge is 0.381 e. The topological polar surface area (TPSA) is 21.3 Å². The summed E-state index contributed by atoms with van der Waals surface area (Å²) in [5.74, 6) is 0.801. The van der Waals surface area contributed by atoms with Gasteiger partial charge < -0.3 is 10.1 Å². The van der Waals surface area contributed by atoms with Gasteiger partial charge in [0, 0.05) is 25.6 Å². The molecule has 0 aromatic heterocycles. The van der Waals surface area contributed by atoms with E-state index in [1.54, 1.807) is 0 Å². The fourth-order valence-corrected chi connectivity index (χ4v) is 0.751. The van der Waals surface area contributed by atoms with E-state index in [2.05, 4.69) is 5.32 Å². The number of hydrogen-bond acceptors (Lipinski definition) is 2. The zero-order valence-corrected chi connectivity index (χ0v) is 6.54. The standard InChI is InChI=1S/C6H13NO.ClH/c1-2-8-5-6-3-7-4-6;/h6-7H,2-5H2,1H3;1H. The minimum Gasteiger partial charge on any atom is -0.381 e. The Kier molecular flexibility index (Phi) is 5.15. The first-order chi connectivity index (χ1) is 3.93. The van der Waals surface area contributed by atoms with Crippen molar-refractivity contribution in [2.45, 2.75) is 6.92 Å². The highest BCUT2D eigenvalue weighted by Gasteiger charge is 2.15. The third kappa shape index (κ3) is 3.04. The highest BCUT2D eigenvalue weighted by molar-refractivity contribution is 5.85. The predicted molar refractivity (Wildman–Crippen MR) is 40.1 cm³/mol. The molecular weight excluding hydrogens is 138 g/mol. The molecule has 0 amide bonds. The third-order valence-corrected chi connectivity index (χ3v) is 1.42. The molecule has 3 heteroatoms. The highest BCUT2D eigenvalue weighted by Crippen LogP contribution is 2.01. The molecule has 1 heterocycles. The van der Waals surface area contributed by atoms with Crippen LogP contribution in [0.3, 0.4) is 0 Å². The lowest BCUT2D eigenvalue weighted by Crippen LogP contribution is -2.44. The van der Waals surface area contributed by atoms with Gasteiger partial charge in [-0.2, -0.15) is 0 Å². The molecule has 0 radical (unpaired) electrons. The maximum absolute atomic E-state index is 5.20. The van der Waals surface area contributed by atoms with Crippen LogP contribution in [0.4, 0.5) is 0 Å². The summed E-state index contributed by atoms with van der Waals surface area (Å²) in [7, 11) is 0. The molecule has 1 fully saturated rings. The Labute approximate surface area is 62.4 Å². The summed E-state index contributed by atoms with van der Waals surface area (Å²) in [6, 6.07) is 0. The van der Waals surface area contributed by atoms with Gasteiger partial charge in [-0.1, -0.05) is 0 Å². The van der Waals surface area contributed by atoms with Crippen molar-refractivity contribution in [2.24, 2.45) is 5.92 Å². The Bertz CT molecular complexity index is 66.1. The first kappa shape index (κ1) is 9.21. The lowest BCUT2D eigenvalue weighted by molar-refractivity contribution is 0.0893. The van der Waals surface area contributed by atoms with E-state index in [0.717, 1.165) is 32.2 Å². The number of rotatable bonds is 3. The summed E-state index contributed by atoms with van der Waals surface area (Å²) in [6.07, 6.45) is 0. The van der Waals surface area contributed by atoms with Gasteiger partial charge in [-0.25, -0.2) is 0 Å². The lowest BCUT2D eigenvalue weighted by Gasteiger charge is -2.26. The van der Waals surface area contributed by atoms with Crippen LogP contribution >= 0.6 is 12.4 Å². The maximum atomic E-state index is 5.20. The Hall–Kier alpha value is 0.210. The molecule has 56 valence electrons.